The summed E-state index contributed by atoms with van der Waals surface area (Å²) in [4.78, 5) is 4.36. The predicted molar refractivity (Wildman–Crippen MR) is 60.9 cm³/mol. The standard InChI is InChI=1S/C11H12N2S/c1-2-7-13-8-12-10-6-4-3-5-9(10)11(13)14/h3-6,8H,2,7H2,1H3. The second-order valence-corrected chi connectivity index (χ2v) is 3.65. The first kappa shape index (κ1) is 9.34. The van der Waals surface area contributed by atoms with Crippen molar-refractivity contribution in [3.8, 4) is 0 Å². The summed E-state index contributed by atoms with van der Waals surface area (Å²) in [7, 11) is 0. The van der Waals surface area contributed by atoms with Gasteiger partial charge in [0, 0.05) is 11.9 Å². The number of rotatable bonds is 2. The third kappa shape index (κ3) is 1.55. The van der Waals surface area contributed by atoms with Gasteiger partial charge in [0.2, 0.25) is 0 Å². The smallest absolute Gasteiger partial charge is 0.116 e. The second-order valence-electron chi connectivity index (χ2n) is 3.26. The molecule has 0 spiro atoms. The molecule has 0 saturated heterocycles. The van der Waals surface area contributed by atoms with Crippen LogP contribution in [0.15, 0.2) is 30.6 Å². The van der Waals surface area contributed by atoms with Crippen molar-refractivity contribution in [2.75, 3.05) is 0 Å². The number of aromatic nitrogens is 2. The molecule has 2 nitrogen and oxygen atoms in total. The lowest BCUT2D eigenvalue weighted by atomic mass is 10.2. The van der Waals surface area contributed by atoms with Gasteiger partial charge in [-0.3, -0.25) is 0 Å². The highest BCUT2D eigenvalue weighted by molar-refractivity contribution is 7.71. The van der Waals surface area contributed by atoms with Crippen LogP contribution in [0.3, 0.4) is 0 Å². The lowest BCUT2D eigenvalue weighted by molar-refractivity contribution is 0.659. The number of para-hydroxylation sites is 1. The van der Waals surface area contributed by atoms with Crippen molar-refractivity contribution in [3.63, 3.8) is 0 Å². The van der Waals surface area contributed by atoms with Crippen LogP contribution in [0.4, 0.5) is 0 Å². The van der Waals surface area contributed by atoms with Crippen LogP contribution < -0.4 is 0 Å². The molecule has 2 rings (SSSR count). The minimum atomic E-state index is 0.887. The van der Waals surface area contributed by atoms with Gasteiger partial charge in [-0.05, 0) is 18.6 Å². The van der Waals surface area contributed by atoms with Crippen LogP contribution in [0, 0.1) is 4.64 Å². The van der Waals surface area contributed by atoms with Crippen molar-refractivity contribution >= 4 is 23.1 Å². The van der Waals surface area contributed by atoms with Gasteiger partial charge in [-0.1, -0.05) is 31.3 Å². The monoisotopic (exact) mass is 204 g/mol. The first-order valence-corrected chi connectivity index (χ1v) is 5.18. The van der Waals surface area contributed by atoms with Gasteiger partial charge in [-0.2, -0.15) is 0 Å². The molecule has 0 bridgehead atoms. The Morgan fingerprint density at radius 1 is 1.36 bits per heavy atom. The van der Waals surface area contributed by atoms with E-state index in [0.29, 0.717) is 0 Å². The Morgan fingerprint density at radius 2 is 2.14 bits per heavy atom. The highest BCUT2D eigenvalue weighted by Crippen LogP contribution is 2.12. The second kappa shape index (κ2) is 3.88. The number of fused-ring (bicyclic) bond motifs is 1. The van der Waals surface area contributed by atoms with Gasteiger partial charge in [0.15, 0.2) is 0 Å². The van der Waals surface area contributed by atoms with Crippen molar-refractivity contribution in [3.05, 3.63) is 35.2 Å². The minimum Gasteiger partial charge on any atom is -0.323 e. The molecular weight excluding hydrogens is 192 g/mol. The van der Waals surface area contributed by atoms with Gasteiger partial charge >= 0.3 is 0 Å². The highest BCUT2D eigenvalue weighted by atomic mass is 32.1. The molecule has 0 aliphatic heterocycles. The van der Waals surface area contributed by atoms with Crippen molar-refractivity contribution in [2.45, 2.75) is 19.9 Å². The summed E-state index contributed by atoms with van der Waals surface area (Å²) in [6, 6.07) is 7.99. The van der Waals surface area contributed by atoms with Crippen LogP contribution >= 0.6 is 12.2 Å². The lowest BCUT2D eigenvalue weighted by Gasteiger charge is -2.05. The predicted octanol–water partition coefficient (Wildman–Crippen LogP) is 3.18. The van der Waals surface area contributed by atoms with Crippen LogP contribution in [0.5, 0.6) is 0 Å². The van der Waals surface area contributed by atoms with E-state index in [2.05, 4.69) is 11.9 Å². The van der Waals surface area contributed by atoms with E-state index in [4.69, 9.17) is 12.2 Å². The molecule has 0 aliphatic rings. The van der Waals surface area contributed by atoms with Gasteiger partial charge < -0.3 is 4.57 Å². The molecule has 0 fully saturated rings. The van der Waals surface area contributed by atoms with E-state index in [9.17, 15) is 0 Å². The van der Waals surface area contributed by atoms with Crippen molar-refractivity contribution in [1.29, 1.82) is 0 Å². The molecule has 0 radical (unpaired) electrons. The molecule has 1 aromatic carbocycles. The summed E-state index contributed by atoms with van der Waals surface area (Å²) in [5.74, 6) is 0. The Bertz CT molecular complexity index is 502. The molecule has 2 aromatic rings. The van der Waals surface area contributed by atoms with Crippen LogP contribution in [-0.4, -0.2) is 9.55 Å². The van der Waals surface area contributed by atoms with Gasteiger partial charge in [0.25, 0.3) is 0 Å². The third-order valence-corrected chi connectivity index (χ3v) is 2.65. The maximum absolute atomic E-state index is 5.38. The summed E-state index contributed by atoms with van der Waals surface area (Å²) in [6.45, 7) is 3.08. The maximum atomic E-state index is 5.38. The van der Waals surface area contributed by atoms with Crippen LogP contribution in [0.2, 0.25) is 0 Å². The molecular formula is C11H12N2S. The fourth-order valence-corrected chi connectivity index (χ4v) is 1.82. The number of hydrogen-bond acceptors (Lipinski definition) is 2. The number of nitrogens with zero attached hydrogens (tertiary/aromatic N) is 2. The normalized spacial score (nSPS) is 10.6. The summed E-state index contributed by atoms with van der Waals surface area (Å²) >= 11 is 5.38. The van der Waals surface area contributed by atoms with E-state index in [-0.39, 0.29) is 0 Å². The SMILES string of the molecule is CCCn1cnc2ccccc2c1=S. The summed E-state index contributed by atoms with van der Waals surface area (Å²) in [5, 5.41) is 1.07. The van der Waals surface area contributed by atoms with Gasteiger partial charge in [0.1, 0.15) is 4.64 Å². The Balaban J connectivity index is 2.69. The molecule has 3 heteroatoms. The van der Waals surface area contributed by atoms with Gasteiger partial charge in [-0.25, -0.2) is 4.98 Å². The number of aryl methyl sites for hydroxylation is 1. The third-order valence-electron chi connectivity index (χ3n) is 2.20. The topological polar surface area (TPSA) is 17.8 Å². The maximum Gasteiger partial charge on any atom is 0.116 e. The molecule has 0 N–H and O–H groups in total. The molecule has 0 atom stereocenters. The average Bonchev–Trinajstić information content (AvgIpc) is 2.23. The van der Waals surface area contributed by atoms with Crippen LogP contribution in [0.25, 0.3) is 10.9 Å². The molecule has 1 aromatic heterocycles. The number of benzene rings is 1. The summed E-state index contributed by atoms with van der Waals surface area (Å²) < 4.78 is 2.91. The molecule has 1 heterocycles. The fourth-order valence-electron chi connectivity index (χ4n) is 1.51. The quantitative estimate of drug-likeness (QED) is 0.699. The minimum absolute atomic E-state index is 0.887. The molecule has 0 aliphatic carbocycles. The van der Waals surface area contributed by atoms with E-state index in [0.717, 1.165) is 28.5 Å². The van der Waals surface area contributed by atoms with Crippen LogP contribution in [0.1, 0.15) is 13.3 Å². The molecule has 0 saturated carbocycles. The summed E-state index contributed by atoms with van der Waals surface area (Å²) in [5.41, 5.74) is 0.977. The lowest BCUT2D eigenvalue weighted by Crippen LogP contribution is -2.00. The molecule has 0 amide bonds. The zero-order valence-electron chi connectivity index (χ0n) is 8.10. The van der Waals surface area contributed by atoms with E-state index in [1.54, 1.807) is 0 Å². The fraction of sp³-hybridized carbons (Fsp3) is 0.273. The Labute approximate surface area is 88.2 Å². The van der Waals surface area contributed by atoms with E-state index >= 15 is 0 Å². The first-order chi connectivity index (χ1) is 6.83. The van der Waals surface area contributed by atoms with Crippen molar-refractivity contribution < 1.29 is 0 Å². The Hall–Kier alpha value is -1.22. The van der Waals surface area contributed by atoms with E-state index in [1.807, 2.05) is 35.2 Å². The molecule has 0 unspecified atom stereocenters. The van der Waals surface area contributed by atoms with Gasteiger partial charge in [-0.15, -0.1) is 0 Å². The molecule has 14 heavy (non-hydrogen) atoms. The zero-order chi connectivity index (χ0) is 9.97. The Kier molecular flexibility index (Phi) is 2.59. The Morgan fingerprint density at radius 3 is 2.93 bits per heavy atom. The van der Waals surface area contributed by atoms with Crippen molar-refractivity contribution in [1.82, 2.24) is 9.55 Å². The average molecular weight is 204 g/mol. The van der Waals surface area contributed by atoms with Crippen molar-refractivity contribution in [2.24, 2.45) is 0 Å². The van der Waals surface area contributed by atoms with E-state index < -0.39 is 0 Å². The molecule has 72 valence electrons. The van der Waals surface area contributed by atoms with E-state index in [1.165, 1.54) is 0 Å². The highest BCUT2D eigenvalue weighted by Gasteiger charge is 1.98. The van der Waals surface area contributed by atoms with Gasteiger partial charge in [0.05, 0.1) is 11.8 Å². The van der Waals surface area contributed by atoms with Crippen LogP contribution in [-0.2, 0) is 6.54 Å². The first-order valence-electron chi connectivity index (χ1n) is 4.77. The largest absolute Gasteiger partial charge is 0.323 e. The number of hydrogen-bond donors (Lipinski definition) is 0. The zero-order valence-corrected chi connectivity index (χ0v) is 8.92. The summed E-state index contributed by atoms with van der Waals surface area (Å²) in [6.07, 6.45) is 2.91.